The minimum absolute atomic E-state index is 0.423. The van der Waals surface area contributed by atoms with Gasteiger partial charge in [0.25, 0.3) is 0 Å². The quantitative estimate of drug-likeness (QED) is 0.416. The van der Waals surface area contributed by atoms with Crippen molar-refractivity contribution in [3.63, 3.8) is 0 Å². The Morgan fingerprint density at radius 2 is 1.58 bits per heavy atom. The molecule has 2 aromatic carbocycles. The van der Waals surface area contributed by atoms with E-state index >= 15 is 0 Å². The first-order valence-corrected chi connectivity index (χ1v) is 10.5. The average molecular weight is 430 g/mol. The van der Waals surface area contributed by atoms with E-state index < -0.39 is 0 Å². The van der Waals surface area contributed by atoms with Crippen LogP contribution in [0, 0.1) is 0 Å². The smallest absolute Gasteiger partial charge is 0.203 e. The number of nitrogens with one attached hydrogen (secondary N) is 2. The lowest BCUT2D eigenvalue weighted by atomic mass is 9.98. The third-order valence-electron chi connectivity index (χ3n) is 5.09. The Labute approximate surface area is 185 Å². The molecule has 0 aromatic heterocycles. The van der Waals surface area contributed by atoms with Crippen LogP contribution in [0.15, 0.2) is 41.4 Å². The molecule has 0 fully saturated rings. The van der Waals surface area contributed by atoms with Crippen molar-refractivity contribution in [2.75, 3.05) is 41.5 Å². The van der Waals surface area contributed by atoms with Crippen molar-refractivity contribution < 1.29 is 18.9 Å². The highest BCUT2D eigenvalue weighted by Crippen LogP contribution is 2.39. The molecule has 0 spiro atoms. The van der Waals surface area contributed by atoms with Gasteiger partial charge >= 0.3 is 0 Å². The topological polar surface area (TPSA) is 73.3 Å². The Balaban J connectivity index is 2.01. The van der Waals surface area contributed by atoms with Gasteiger partial charge in [0.15, 0.2) is 17.5 Å². The molecule has 0 aliphatic rings. The lowest BCUT2D eigenvalue weighted by Gasteiger charge is -2.17. The maximum Gasteiger partial charge on any atom is 0.203 e. The molecule has 1 atom stereocenters. The average Bonchev–Trinajstić information content (AvgIpc) is 2.81. The fourth-order valence-corrected chi connectivity index (χ4v) is 3.30. The summed E-state index contributed by atoms with van der Waals surface area (Å²) in [5.41, 5.74) is 2.21. The number of aliphatic imine (C=N–C) groups is 1. The van der Waals surface area contributed by atoms with Crippen molar-refractivity contribution in [3.8, 4) is 23.0 Å². The summed E-state index contributed by atoms with van der Waals surface area (Å²) in [7, 11) is 6.51. The van der Waals surface area contributed by atoms with Crippen molar-refractivity contribution in [2.45, 2.75) is 32.7 Å². The summed E-state index contributed by atoms with van der Waals surface area (Å²) in [5, 5.41) is 6.72. The standard InChI is InChI=1S/C24H35N3O4/c1-7-25-24(26-15-14-17(2)18-8-11-20(28-3)12-9-18)27-16-19-10-13-21(29-4)23(31-6)22(19)30-5/h8-13,17H,7,14-16H2,1-6H3,(H2,25,26,27). The normalized spacial score (nSPS) is 12.1. The Kier molecular flexibility index (Phi) is 9.81. The Morgan fingerprint density at radius 3 is 2.16 bits per heavy atom. The lowest BCUT2D eigenvalue weighted by molar-refractivity contribution is 0.322. The van der Waals surface area contributed by atoms with Gasteiger partial charge in [-0.3, -0.25) is 0 Å². The molecule has 0 aliphatic carbocycles. The van der Waals surface area contributed by atoms with Crippen LogP contribution in [0.4, 0.5) is 0 Å². The van der Waals surface area contributed by atoms with Crippen molar-refractivity contribution in [3.05, 3.63) is 47.5 Å². The van der Waals surface area contributed by atoms with Crippen molar-refractivity contribution in [2.24, 2.45) is 4.99 Å². The molecular formula is C24H35N3O4. The predicted octanol–water partition coefficient (Wildman–Crippen LogP) is 3.97. The van der Waals surface area contributed by atoms with Gasteiger partial charge < -0.3 is 29.6 Å². The molecule has 31 heavy (non-hydrogen) atoms. The summed E-state index contributed by atoms with van der Waals surface area (Å²) in [6.45, 7) is 6.31. The molecule has 2 N–H and O–H groups in total. The zero-order valence-electron chi connectivity index (χ0n) is 19.5. The van der Waals surface area contributed by atoms with Crippen LogP contribution in [0.2, 0.25) is 0 Å². The second kappa shape index (κ2) is 12.6. The van der Waals surface area contributed by atoms with Gasteiger partial charge in [0.1, 0.15) is 5.75 Å². The summed E-state index contributed by atoms with van der Waals surface area (Å²) in [6, 6.07) is 12.0. The summed E-state index contributed by atoms with van der Waals surface area (Å²) >= 11 is 0. The molecule has 7 heteroatoms. The molecule has 1 unspecified atom stereocenters. The maximum absolute atomic E-state index is 5.56. The highest BCUT2D eigenvalue weighted by Gasteiger charge is 2.15. The molecule has 0 saturated carbocycles. The largest absolute Gasteiger partial charge is 0.497 e. The first-order chi connectivity index (χ1) is 15.1. The van der Waals surface area contributed by atoms with Crippen LogP contribution in [0.1, 0.15) is 37.3 Å². The van der Waals surface area contributed by atoms with Crippen LogP contribution in [0.5, 0.6) is 23.0 Å². The number of ether oxygens (including phenoxy) is 4. The zero-order chi connectivity index (χ0) is 22.6. The molecule has 0 radical (unpaired) electrons. The zero-order valence-corrected chi connectivity index (χ0v) is 19.5. The summed E-state index contributed by atoms with van der Waals surface area (Å²) in [5.74, 6) is 3.90. The molecule has 2 rings (SSSR count). The first-order valence-electron chi connectivity index (χ1n) is 10.5. The van der Waals surface area contributed by atoms with E-state index in [4.69, 9.17) is 23.9 Å². The SMILES string of the molecule is CCNC(=NCc1ccc(OC)c(OC)c1OC)NCCC(C)c1ccc(OC)cc1. The molecule has 0 aliphatic heterocycles. The minimum atomic E-state index is 0.423. The fourth-order valence-electron chi connectivity index (χ4n) is 3.30. The van der Waals surface area contributed by atoms with Crippen LogP contribution in [0.3, 0.4) is 0 Å². The van der Waals surface area contributed by atoms with Crippen LogP contribution >= 0.6 is 0 Å². The van der Waals surface area contributed by atoms with Crippen LogP contribution in [0.25, 0.3) is 0 Å². The van der Waals surface area contributed by atoms with Gasteiger partial charge in [-0.05, 0) is 49.1 Å². The summed E-state index contributed by atoms with van der Waals surface area (Å²) in [6.07, 6.45) is 0.983. The first kappa shape index (κ1) is 24.2. The number of rotatable bonds is 11. The number of methoxy groups -OCH3 is 4. The van der Waals surface area contributed by atoms with E-state index in [9.17, 15) is 0 Å². The van der Waals surface area contributed by atoms with E-state index in [2.05, 4.69) is 29.7 Å². The molecule has 0 amide bonds. The van der Waals surface area contributed by atoms with Crippen molar-refractivity contribution in [1.82, 2.24) is 10.6 Å². The van der Waals surface area contributed by atoms with E-state index in [0.29, 0.717) is 29.7 Å². The van der Waals surface area contributed by atoms with Crippen LogP contribution in [-0.4, -0.2) is 47.5 Å². The molecular weight excluding hydrogens is 394 g/mol. The second-order valence-electron chi connectivity index (χ2n) is 7.08. The van der Waals surface area contributed by atoms with E-state index in [-0.39, 0.29) is 0 Å². The van der Waals surface area contributed by atoms with E-state index in [0.717, 1.165) is 36.8 Å². The lowest BCUT2D eigenvalue weighted by Crippen LogP contribution is -2.38. The summed E-state index contributed by atoms with van der Waals surface area (Å²) < 4.78 is 21.6. The van der Waals surface area contributed by atoms with E-state index in [1.807, 2.05) is 31.2 Å². The van der Waals surface area contributed by atoms with Gasteiger partial charge in [0.05, 0.1) is 35.0 Å². The Bertz CT molecular complexity index is 837. The van der Waals surface area contributed by atoms with Gasteiger partial charge in [0.2, 0.25) is 5.75 Å². The van der Waals surface area contributed by atoms with Crippen molar-refractivity contribution >= 4 is 5.96 Å². The number of guanidine groups is 1. The number of nitrogens with zero attached hydrogens (tertiary/aromatic N) is 1. The third kappa shape index (κ3) is 6.70. The van der Waals surface area contributed by atoms with Crippen LogP contribution in [-0.2, 0) is 6.54 Å². The van der Waals surface area contributed by atoms with Gasteiger partial charge in [-0.2, -0.15) is 0 Å². The van der Waals surface area contributed by atoms with Gasteiger partial charge in [0, 0.05) is 18.7 Å². The molecule has 0 saturated heterocycles. The maximum atomic E-state index is 5.56. The predicted molar refractivity (Wildman–Crippen MR) is 125 cm³/mol. The number of hydrogen-bond acceptors (Lipinski definition) is 5. The molecule has 0 bridgehead atoms. The van der Waals surface area contributed by atoms with Gasteiger partial charge in [-0.1, -0.05) is 19.1 Å². The molecule has 2 aromatic rings. The van der Waals surface area contributed by atoms with Crippen molar-refractivity contribution in [1.29, 1.82) is 0 Å². The van der Waals surface area contributed by atoms with Crippen LogP contribution < -0.4 is 29.6 Å². The molecule has 0 heterocycles. The van der Waals surface area contributed by atoms with E-state index in [1.165, 1.54) is 5.56 Å². The third-order valence-corrected chi connectivity index (χ3v) is 5.09. The Morgan fingerprint density at radius 1 is 0.871 bits per heavy atom. The molecule has 170 valence electrons. The highest BCUT2D eigenvalue weighted by molar-refractivity contribution is 5.79. The van der Waals surface area contributed by atoms with Gasteiger partial charge in [-0.25, -0.2) is 4.99 Å². The highest BCUT2D eigenvalue weighted by atomic mass is 16.5. The fraction of sp³-hybridized carbons (Fsp3) is 0.458. The van der Waals surface area contributed by atoms with E-state index in [1.54, 1.807) is 28.4 Å². The molecule has 7 nitrogen and oxygen atoms in total. The monoisotopic (exact) mass is 429 g/mol. The second-order valence-corrected chi connectivity index (χ2v) is 7.08. The number of hydrogen-bond donors (Lipinski definition) is 2. The Hall–Kier alpha value is -3.09. The van der Waals surface area contributed by atoms with Gasteiger partial charge in [-0.15, -0.1) is 0 Å². The number of benzene rings is 2. The minimum Gasteiger partial charge on any atom is -0.497 e. The summed E-state index contributed by atoms with van der Waals surface area (Å²) in [4.78, 5) is 4.72.